The molecule has 0 saturated heterocycles. The van der Waals surface area contributed by atoms with Crippen molar-refractivity contribution in [3.63, 3.8) is 0 Å². The molecule has 2 aromatic rings. The van der Waals surface area contributed by atoms with Crippen LogP contribution in [0.2, 0.25) is 0 Å². The van der Waals surface area contributed by atoms with Gasteiger partial charge in [0.25, 0.3) is 0 Å². The van der Waals surface area contributed by atoms with Gasteiger partial charge in [0.15, 0.2) is 11.4 Å². The van der Waals surface area contributed by atoms with Gasteiger partial charge in [0.2, 0.25) is 5.96 Å². The third-order valence-electron chi connectivity index (χ3n) is 5.05. The van der Waals surface area contributed by atoms with Gasteiger partial charge in [-0.2, -0.15) is 4.98 Å². The fourth-order valence-corrected chi connectivity index (χ4v) is 4.33. The van der Waals surface area contributed by atoms with E-state index in [9.17, 15) is 4.79 Å². The van der Waals surface area contributed by atoms with E-state index >= 15 is 0 Å². The van der Waals surface area contributed by atoms with Crippen LogP contribution in [-0.4, -0.2) is 33.3 Å². The molecule has 142 valence electrons. The highest BCUT2D eigenvalue weighted by Gasteiger charge is 2.37. The van der Waals surface area contributed by atoms with E-state index in [0.29, 0.717) is 24.0 Å². The lowest BCUT2D eigenvalue weighted by atomic mass is 9.85. The summed E-state index contributed by atoms with van der Waals surface area (Å²) in [5.41, 5.74) is 3.96. The van der Waals surface area contributed by atoms with Crippen LogP contribution in [0.5, 0.6) is 0 Å². The predicted molar refractivity (Wildman–Crippen MR) is 112 cm³/mol. The van der Waals surface area contributed by atoms with E-state index in [0.717, 1.165) is 41.8 Å². The smallest absolute Gasteiger partial charge is 0.302 e. The number of fused-ring (bicyclic) bond motifs is 1. The third kappa shape index (κ3) is 3.07. The van der Waals surface area contributed by atoms with Gasteiger partial charge in [0.1, 0.15) is 11.6 Å². The van der Waals surface area contributed by atoms with Gasteiger partial charge >= 0.3 is 6.01 Å². The molecule has 2 atom stereocenters. The minimum atomic E-state index is -0.412. The lowest BCUT2D eigenvalue weighted by Crippen LogP contribution is -2.45. The predicted octanol–water partition coefficient (Wildman–Crippen LogP) is 3.70. The highest BCUT2D eigenvalue weighted by atomic mass is 79.9. The average molecular weight is 440 g/mol. The molecule has 7 nitrogen and oxygen atoms in total. The van der Waals surface area contributed by atoms with Gasteiger partial charge in [-0.1, -0.05) is 34.1 Å². The largest absolute Gasteiger partial charge is 0.423 e. The minimum Gasteiger partial charge on any atom is -0.423 e. The fraction of sp³-hybridized carbons (Fsp3) is 0.300. The van der Waals surface area contributed by atoms with E-state index in [1.54, 1.807) is 6.20 Å². The number of carbonyl (C=O) groups is 1. The molecule has 1 aliphatic carbocycles. The van der Waals surface area contributed by atoms with Crippen molar-refractivity contribution >= 4 is 50.5 Å². The van der Waals surface area contributed by atoms with Crippen LogP contribution in [0.15, 0.2) is 62.2 Å². The first-order valence-corrected chi connectivity index (χ1v) is 10.2. The van der Waals surface area contributed by atoms with Gasteiger partial charge in [-0.15, -0.1) is 0 Å². The molecule has 3 aliphatic rings. The minimum absolute atomic E-state index is 0.0541. The maximum Gasteiger partial charge on any atom is 0.302 e. The van der Waals surface area contributed by atoms with E-state index in [4.69, 9.17) is 9.41 Å². The number of ketones is 1. The monoisotopic (exact) mass is 439 g/mol. The number of benzene rings is 1. The molecule has 28 heavy (non-hydrogen) atoms. The normalized spacial score (nSPS) is 24.5. The molecule has 2 unspecified atom stereocenters. The summed E-state index contributed by atoms with van der Waals surface area (Å²) in [6.07, 6.45) is 6.80. The van der Waals surface area contributed by atoms with Crippen LogP contribution >= 0.6 is 15.9 Å². The van der Waals surface area contributed by atoms with Gasteiger partial charge < -0.3 is 9.73 Å². The number of oxazole rings is 1. The van der Waals surface area contributed by atoms with E-state index in [-0.39, 0.29) is 10.6 Å². The second-order valence-electron chi connectivity index (χ2n) is 6.93. The fourth-order valence-electron chi connectivity index (χ4n) is 3.75. The van der Waals surface area contributed by atoms with E-state index in [1.165, 1.54) is 0 Å². The summed E-state index contributed by atoms with van der Waals surface area (Å²) >= 11 is 3.68. The Bertz CT molecular complexity index is 1050. The first-order chi connectivity index (χ1) is 13.7. The van der Waals surface area contributed by atoms with Crippen molar-refractivity contribution < 1.29 is 9.21 Å². The molecule has 2 N–H and O–H groups in total. The second-order valence-corrected chi connectivity index (χ2v) is 8.03. The van der Waals surface area contributed by atoms with Crippen molar-refractivity contribution in [2.75, 3.05) is 5.32 Å². The lowest BCUT2D eigenvalue weighted by molar-refractivity contribution is -0.116. The standard InChI is InChI=1S/C20H18BrN5O2/c21-11-5-4-10-22-17(11)18-16-13(7-3-8-14(16)27)23-19(25-18)26-20-24-12-6-1-2-9-15(12)28-20/h1-2,4,6,9-11,18H,3,5,7-8H2,(H2,23,24,25,26). The van der Waals surface area contributed by atoms with Gasteiger partial charge in [-0.25, -0.2) is 4.99 Å². The number of hydrogen-bond acceptors (Lipinski definition) is 7. The molecule has 0 saturated carbocycles. The van der Waals surface area contributed by atoms with Crippen molar-refractivity contribution in [3.05, 3.63) is 47.8 Å². The first-order valence-electron chi connectivity index (χ1n) is 9.29. The van der Waals surface area contributed by atoms with Crippen molar-refractivity contribution in [1.82, 2.24) is 10.3 Å². The third-order valence-corrected chi connectivity index (χ3v) is 5.89. The number of hydrogen-bond donors (Lipinski definition) is 2. The molecule has 0 spiro atoms. The number of aliphatic imine (C=N–C) groups is 2. The molecule has 8 heteroatoms. The van der Waals surface area contributed by atoms with Crippen molar-refractivity contribution in [3.8, 4) is 0 Å². The number of rotatable bonds is 2. The van der Waals surface area contributed by atoms with Crippen molar-refractivity contribution in [1.29, 1.82) is 0 Å². The number of allylic oxidation sites excluding steroid dienone is 2. The molecule has 1 aromatic heterocycles. The number of alkyl halides is 1. The van der Waals surface area contributed by atoms with Gasteiger partial charge in [-0.3, -0.25) is 15.1 Å². The van der Waals surface area contributed by atoms with Crippen LogP contribution < -0.4 is 10.6 Å². The Morgan fingerprint density at radius 2 is 2.14 bits per heavy atom. The molecule has 0 radical (unpaired) electrons. The topological polar surface area (TPSA) is 91.9 Å². The Morgan fingerprint density at radius 1 is 1.25 bits per heavy atom. The molecule has 0 fully saturated rings. The Balaban J connectivity index is 1.51. The number of para-hydroxylation sites is 2. The zero-order valence-electron chi connectivity index (χ0n) is 15.0. The Morgan fingerprint density at radius 3 is 3.00 bits per heavy atom. The molecule has 1 aromatic carbocycles. The SMILES string of the molecule is O=C1CCCC2=C1C(C1=NC=CCC1Br)N=C(Nc1nc3ccccc3o1)N2. The Kier molecular flexibility index (Phi) is 4.35. The number of guanidine groups is 1. The number of nitrogens with zero attached hydrogens (tertiary/aromatic N) is 3. The molecule has 5 rings (SSSR count). The number of Topliss-reactive ketones (excluding diaryl/α,β-unsaturated/α-hetero) is 1. The number of carbonyl (C=O) groups excluding carboxylic acids is 1. The van der Waals surface area contributed by atoms with E-state index in [1.807, 2.05) is 30.3 Å². The highest BCUT2D eigenvalue weighted by molar-refractivity contribution is 9.10. The molecule has 0 amide bonds. The zero-order valence-corrected chi connectivity index (χ0v) is 16.6. The number of anilines is 1. The quantitative estimate of drug-likeness (QED) is 0.695. The highest BCUT2D eigenvalue weighted by Crippen LogP contribution is 2.31. The molecular weight excluding hydrogens is 422 g/mol. The summed E-state index contributed by atoms with van der Waals surface area (Å²) in [5, 5.41) is 6.40. The van der Waals surface area contributed by atoms with Crippen molar-refractivity contribution in [2.45, 2.75) is 36.6 Å². The van der Waals surface area contributed by atoms with Gasteiger partial charge in [-0.05, 0) is 31.4 Å². The Labute approximate surface area is 169 Å². The Hall–Kier alpha value is -2.74. The maximum atomic E-state index is 12.7. The van der Waals surface area contributed by atoms with Gasteiger partial charge in [0, 0.05) is 23.9 Å². The van der Waals surface area contributed by atoms with E-state index in [2.05, 4.69) is 36.5 Å². The summed E-state index contributed by atoms with van der Waals surface area (Å²) in [4.78, 5) is 26.5. The van der Waals surface area contributed by atoms with Crippen LogP contribution in [0.4, 0.5) is 6.01 Å². The zero-order chi connectivity index (χ0) is 19.1. The van der Waals surface area contributed by atoms with Gasteiger partial charge in [0.05, 0.1) is 10.5 Å². The van der Waals surface area contributed by atoms with Crippen LogP contribution in [0.25, 0.3) is 11.1 Å². The summed E-state index contributed by atoms with van der Waals surface area (Å²) in [7, 11) is 0. The maximum absolute atomic E-state index is 12.7. The summed E-state index contributed by atoms with van der Waals surface area (Å²) in [6.45, 7) is 0. The average Bonchev–Trinajstić information content (AvgIpc) is 3.10. The summed E-state index contributed by atoms with van der Waals surface area (Å²) < 4.78 is 5.75. The molecule has 3 heterocycles. The van der Waals surface area contributed by atoms with Crippen LogP contribution in [-0.2, 0) is 4.79 Å². The van der Waals surface area contributed by atoms with Crippen LogP contribution in [0.1, 0.15) is 25.7 Å². The van der Waals surface area contributed by atoms with E-state index < -0.39 is 6.04 Å². The number of aromatic nitrogens is 1. The molecule has 2 aliphatic heterocycles. The second kappa shape index (κ2) is 7.01. The van der Waals surface area contributed by atoms with Crippen LogP contribution in [0.3, 0.4) is 0 Å². The number of halogens is 1. The molecule has 0 bridgehead atoms. The summed E-state index contributed by atoms with van der Waals surface area (Å²) in [5.74, 6) is 0.655. The first kappa shape index (κ1) is 17.4. The summed E-state index contributed by atoms with van der Waals surface area (Å²) in [6, 6.07) is 7.52. The lowest BCUT2D eigenvalue weighted by Gasteiger charge is -2.32. The molecular formula is C20H18BrN5O2. The number of nitrogens with one attached hydrogen (secondary N) is 2. The van der Waals surface area contributed by atoms with Crippen LogP contribution in [0, 0.1) is 0 Å². The van der Waals surface area contributed by atoms with Crippen molar-refractivity contribution in [2.24, 2.45) is 9.98 Å².